The number of hydrogen-bond acceptors (Lipinski definition) is 2. The molecule has 6 aliphatic rings. The van der Waals surface area contributed by atoms with Crippen molar-refractivity contribution in [3.63, 3.8) is 0 Å². The van der Waals surface area contributed by atoms with E-state index in [1.54, 1.807) is 0 Å². The normalized spacial score (nSPS) is 25.2. The van der Waals surface area contributed by atoms with Crippen molar-refractivity contribution in [2.45, 2.75) is 106 Å². The van der Waals surface area contributed by atoms with Crippen LogP contribution in [-0.4, -0.2) is 11.1 Å². The van der Waals surface area contributed by atoms with Gasteiger partial charge in [-0.25, -0.2) is 0 Å². The van der Waals surface area contributed by atoms with Gasteiger partial charge in [-0.1, -0.05) is 179 Å². The molecule has 11 aromatic carbocycles. The fraction of sp³-hybridized carbons (Fsp3) is 0.227. The lowest BCUT2D eigenvalue weighted by Gasteiger charge is -2.50. The summed E-state index contributed by atoms with van der Waals surface area (Å²) in [6.07, 6.45) is 9.79. The average Bonchev–Trinajstić information content (AvgIpc) is 4.30. The zero-order valence-corrected chi connectivity index (χ0v) is 44.7. The molecule has 372 valence electrons. The van der Waals surface area contributed by atoms with E-state index in [4.69, 9.17) is 0 Å². The van der Waals surface area contributed by atoms with Crippen molar-refractivity contribution in [1.82, 2.24) is 0 Å². The summed E-state index contributed by atoms with van der Waals surface area (Å²) >= 11 is 0. The zero-order chi connectivity index (χ0) is 51.2. The van der Waals surface area contributed by atoms with Crippen molar-refractivity contribution >= 4 is 55.1 Å². The quantitative estimate of drug-likeness (QED) is 0.162. The van der Waals surface area contributed by atoms with E-state index in [1.165, 1.54) is 184 Å². The second-order valence-electron chi connectivity index (χ2n) is 24.9. The van der Waals surface area contributed by atoms with Gasteiger partial charge in [-0.15, -0.1) is 0 Å². The molecule has 0 N–H and O–H groups in total. The van der Waals surface area contributed by atoms with Crippen LogP contribution in [0.4, 0.5) is 22.7 Å². The summed E-state index contributed by atoms with van der Waals surface area (Å²) < 4.78 is 0. The molecular weight excluding hydrogens is 929 g/mol. The van der Waals surface area contributed by atoms with Crippen molar-refractivity contribution in [3.8, 4) is 44.5 Å². The molecule has 2 heteroatoms. The Morgan fingerprint density at radius 1 is 0.325 bits per heavy atom. The number of nitrogens with zero attached hydrogens (tertiary/aromatic N) is 2. The fourth-order valence-electron chi connectivity index (χ4n) is 17.6. The minimum absolute atomic E-state index is 0.0103. The Morgan fingerprint density at radius 3 is 1.35 bits per heavy atom. The first-order valence-corrected chi connectivity index (χ1v) is 28.7. The van der Waals surface area contributed by atoms with Crippen LogP contribution < -0.4 is 9.80 Å². The lowest BCUT2D eigenvalue weighted by atomic mass is 9.61. The van der Waals surface area contributed by atoms with Gasteiger partial charge in [-0.05, 0) is 216 Å². The third-order valence-electron chi connectivity index (χ3n) is 21.7. The molecule has 4 unspecified atom stereocenters. The number of anilines is 4. The van der Waals surface area contributed by atoms with Gasteiger partial charge in [0.25, 0.3) is 0 Å². The molecule has 2 nitrogen and oxygen atoms in total. The number of fused-ring (bicyclic) bond motifs is 17. The first-order valence-electron chi connectivity index (χ1n) is 28.7. The van der Waals surface area contributed by atoms with E-state index in [0.29, 0.717) is 0 Å². The molecule has 1 spiro atoms. The topological polar surface area (TPSA) is 6.48 Å². The van der Waals surface area contributed by atoms with E-state index < -0.39 is 5.41 Å². The molecule has 0 aromatic heterocycles. The molecule has 11 aromatic rings. The molecule has 2 aliphatic heterocycles. The molecule has 17 rings (SSSR count). The van der Waals surface area contributed by atoms with Crippen molar-refractivity contribution < 1.29 is 0 Å². The Balaban J connectivity index is 0.902. The summed E-state index contributed by atoms with van der Waals surface area (Å²) in [4.78, 5) is 5.41. The third-order valence-corrected chi connectivity index (χ3v) is 21.7. The van der Waals surface area contributed by atoms with E-state index in [-0.39, 0.29) is 21.9 Å². The number of para-hydroxylation sites is 2. The minimum Gasteiger partial charge on any atom is -0.334 e. The molecule has 2 fully saturated rings. The summed E-state index contributed by atoms with van der Waals surface area (Å²) in [7, 11) is 0. The van der Waals surface area contributed by atoms with Gasteiger partial charge in [0, 0.05) is 33.6 Å². The van der Waals surface area contributed by atoms with Gasteiger partial charge in [0.15, 0.2) is 0 Å². The Labute approximate surface area is 453 Å². The first kappa shape index (κ1) is 44.2. The van der Waals surface area contributed by atoms with Gasteiger partial charge in [0.1, 0.15) is 0 Å². The maximum Gasteiger partial charge on any atom is 0.0726 e. The Hall–Kier alpha value is -7.94. The molecule has 2 heterocycles. The van der Waals surface area contributed by atoms with Gasteiger partial charge in [-0.2, -0.15) is 0 Å². The molecular formula is C75H62N2. The summed E-state index contributed by atoms with van der Waals surface area (Å²) in [5, 5.41) is 8.02. The fourth-order valence-corrected chi connectivity index (χ4v) is 17.6. The molecule has 4 atom stereocenters. The lowest BCUT2D eigenvalue weighted by molar-refractivity contribution is 0.195. The van der Waals surface area contributed by atoms with Crippen LogP contribution in [0.5, 0.6) is 0 Å². The van der Waals surface area contributed by atoms with Crippen LogP contribution in [0.25, 0.3) is 76.8 Å². The minimum atomic E-state index is -0.559. The molecule has 2 saturated carbocycles. The Bertz CT molecular complexity index is 4130. The van der Waals surface area contributed by atoms with Gasteiger partial charge in [-0.3, -0.25) is 0 Å². The van der Waals surface area contributed by atoms with E-state index in [0.717, 1.165) is 0 Å². The van der Waals surface area contributed by atoms with Gasteiger partial charge in [0.2, 0.25) is 0 Å². The Kier molecular flexibility index (Phi) is 8.71. The van der Waals surface area contributed by atoms with Crippen molar-refractivity contribution in [2.24, 2.45) is 0 Å². The van der Waals surface area contributed by atoms with Gasteiger partial charge >= 0.3 is 0 Å². The number of benzene rings is 11. The molecule has 77 heavy (non-hydrogen) atoms. The predicted octanol–water partition coefficient (Wildman–Crippen LogP) is 19.7. The highest BCUT2D eigenvalue weighted by Crippen LogP contribution is 2.67. The summed E-state index contributed by atoms with van der Waals surface area (Å²) in [6.45, 7) is 10.2. The average molecular weight is 991 g/mol. The maximum atomic E-state index is 2.70. The molecule has 4 aliphatic carbocycles. The van der Waals surface area contributed by atoms with Crippen LogP contribution in [-0.2, 0) is 16.2 Å². The van der Waals surface area contributed by atoms with Crippen LogP contribution in [0.1, 0.15) is 112 Å². The first-order chi connectivity index (χ1) is 37.6. The number of rotatable bonds is 4. The highest BCUT2D eigenvalue weighted by atomic mass is 15.3. The smallest absolute Gasteiger partial charge is 0.0726 e. The molecule has 0 bridgehead atoms. The second kappa shape index (κ2) is 15.2. The summed E-state index contributed by atoms with van der Waals surface area (Å²) in [5.41, 5.74) is 23.9. The predicted molar refractivity (Wildman–Crippen MR) is 323 cm³/mol. The van der Waals surface area contributed by atoms with E-state index >= 15 is 0 Å². The standard InChI is InChI=1S/C75H62N2/c1-71-38-13-15-40-73(71,3)76(54-20-7-5-8-21-54)66-36-31-51(44-63(66)71)49-29-33-56-57-34-30-50(52-32-37-67-64(45-52)72(2)39-14-16-41-74(72,4)77(67)55-22-9-6-10-23-55)43-62(57)75(61(56)42-49)60-25-12-11-24-58(60)70-59-35-28-48-19-17-18-47-26-27-53(46-65(70)75)69(59)68(47)48/h5-12,17-37,42-46H,13-16,38-41H2,1-4H3. The molecule has 0 radical (unpaired) electrons. The maximum absolute atomic E-state index is 2.70. The van der Waals surface area contributed by atoms with Crippen LogP contribution >= 0.6 is 0 Å². The van der Waals surface area contributed by atoms with E-state index in [1.807, 2.05) is 0 Å². The molecule has 0 amide bonds. The van der Waals surface area contributed by atoms with Crippen molar-refractivity contribution in [3.05, 3.63) is 240 Å². The summed E-state index contributed by atoms with van der Waals surface area (Å²) in [5.74, 6) is 0. The monoisotopic (exact) mass is 990 g/mol. The van der Waals surface area contributed by atoms with Gasteiger partial charge < -0.3 is 9.80 Å². The Morgan fingerprint density at radius 2 is 0.792 bits per heavy atom. The summed E-state index contributed by atoms with van der Waals surface area (Å²) in [6, 6.07) is 80.9. The van der Waals surface area contributed by atoms with Crippen LogP contribution in [0, 0.1) is 0 Å². The lowest BCUT2D eigenvalue weighted by Crippen LogP contribution is -2.54. The SMILES string of the molecule is CC12CCCCC1(C)N(c1ccccc1)c1ccc(-c3ccc4c(c3)C3(c5cc(-c6ccc7c(c6)C6(C)CCCCC6(C)N7c6ccccc6)ccc5-4)c4ccccc4-c4c3cc3ccc5cccc6ccc4c3c56)cc12. The highest BCUT2D eigenvalue weighted by Gasteiger charge is 2.59. The van der Waals surface area contributed by atoms with Gasteiger partial charge in [0.05, 0.1) is 16.5 Å². The molecule has 0 saturated heterocycles. The second-order valence-corrected chi connectivity index (χ2v) is 24.9. The van der Waals surface area contributed by atoms with Crippen molar-refractivity contribution in [2.75, 3.05) is 9.80 Å². The third kappa shape index (κ3) is 5.38. The number of hydrogen-bond donors (Lipinski definition) is 0. The van der Waals surface area contributed by atoms with Crippen LogP contribution in [0.15, 0.2) is 206 Å². The van der Waals surface area contributed by atoms with E-state index in [9.17, 15) is 0 Å². The van der Waals surface area contributed by atoms with Crippen molar-refractivity contribution in [1.29, 1.82) is 0 Å². The highest BCUT2D eigenvalue weighted by molar-refractivity contribution is 6.27. The van der Waals surface area contributed by atoms with E-state index in [2.05, 4.69) is 244 Å². The van der Waals surface area contributed by atoms with Crippen LogP contribution in [0.3, 0.4) is 0 Å². The van der Waals surface area contributed by atoms with Crippen LogP contribution in [0.2, 0.25) is 0 Å². The zero-order valence-electron chi connectivity index (χ0n) is 44.7. The largest absolute Gasteiger partial charge is 0.334 e.